The van der Waals surface area contributed by atoms with E-state index in [4.69, 9.17) is 11.6 Å². The third-order valence-electron chi connectivity index (χ3n) is 3.10. The van der Waals surface area contributed by atoms with Gasteiger partial charge in [0.2, 0.25) is 0 Å². The summed E-state index contributed by atoms with van der Waals surface area (Å²) in [6, 6.07) is 17.2. The minimum atomic E-state index is -0.0127. The average Bonchev–Trinajstić information content (AvgIpc) is 2.48. The van der Waals surface area contributed by atoms with Gasteiger partial charge in [-0.2, -0.15) is 0 Å². The Morgan fingerprint density at radius 2 is 1.70 bits per heavy atom. The van der Waals surface area contributed by atoms with Crippen molar-refractivity contribution in [1.29, 1.82) is 0 Å². The van der Waals surface area contributed by atoms with E-state index in [1.54, 1.807) is 12.1 Å². The van der Waals surface area contributed by atoms with Gasteiger partial charge >= 0.3 is 0 Å². The van der Waals surface area contributed by atoms with Gasteiger partial charge in [-0.15, -0.1) is 0 Å². The second-order valence-corrected chi connectivity index (χ2v) is 5.10. The van der Waals surface area contributed by atoms with Crippen molar-refractivity contribution in [1.82, 2.24) is 4.90 Å². The molecule has 104 valence electrons. The van der Waals surface area contributed by atoms with E-state index in [2.05, 4.69) is 6.92 Å². The Bertz CT molecular complexity index is 568. The maximum atomic E-state index is 12.6. The first-order valence-corrected chi connectivity index (χ1v) is 7.18. The minimum Gasteiger partial charge on any atom is -0.334 e. The smallest absolute Gasteiger partial charge is 0.255 e. The van der Waals surface area contributed by atoms with Crippen molar-refractivity contribution in [3.05, 3.63) is 70.7 Å². The summed E-state index contributed by atoms with van der Waals surface area (Å²) in [5.74, 6) is -0.0127. The first-order chi connectivity index (χ1) is 9.72. The molecule has 2 aromatic carbocycles. The van der Waals surface area contributed by atoms with Crippen LogP contribution in [0.2, 0.25) is 5.02 Å². The van der Waals surface area contributed by atoms with Crippen LogP contribution >= 0.6 is 11.6 Å². The lowest BCUT2D eigenvalue weighted by Crippen LogP contribution is -2.31. The van der Waals surface area contributed by atoms with Crippen LogP contribution in [0.25, 0.3) is 0 Å². The average molecular weight is 288 g/mol. The third kappa shape index (κ3) is 3.61. The summed E-state index contributed by atoms with van der Waals surface area (Å²) in [5.41, 5.74) is 1.69. The second kappa shape index (κ2) is 7.11. The number of carbonyl (C=O) groups is 1. The van der Waals surface area contributed by atoms with Gasteiger partial charge < -0.3 is 4.90 Å². The van der Waals surface area contributed by atoms with E-state index < -0.39 is 0 Å². The number of benzene rings is 2. The molecule has 0 bridgehead atoms. The monoisotopic (exact) mass is 287 g/mol. The highest BCUT2D eigenvalue weighted by molar-refractivity contribution is 6.33. The molecule has 0 aliphatic rings. The van der Waals surface area contributed by atoms with Crippen LogP contribution in [-0.2, 0) is 6.54 Å². The maximum Gasteiger partial charge on any atom is 0.255 e. The van der Waals surface area contributed by atoms with Crippen LogP contribution in [0.15, 0.2) is 54.6 Å². The molecule has 0 fully saturated rings. The van der Waals surface area contributed by atoms with E-state index in [-0.39, 0.29) is 5.91 Å². The second-order valence-electron chi connectivity index (χ2n) is 4.69. The Morgan fingerprint density at radius 3 is 2.35 bits per heavy atom. The van der Waals surface area contributed by atoms with E-state index >= 15 is 0 Å². The van der Waals surface area contributed by atoms with Gasteiger partial charge in [0.25, 0.3) is 5.91 Å². The predicted octanol–water partition coefficient (Wildman–Crippen LogP) is 4.39. The van der Waals surface area contributed by atoms with E-state index in [0.29, 0.717) is 17.1 Å². The summed E-state index contributed by atoms with van der Waals surface area (Å²) in [5, 5.41) is 0.506. The number of nitrogens with zero attached hydrogens (tertiary/aromatic N) is 1. The molecule has 0 saturated heterocycles. The maximum absolute atomic E-state index is 12.6. The highest BCUT2D eigenvalue weighted by Crippen LogP contribution is 2.18. The molecule has 20 heavy (non-hydrogen) atoms. The van der Waals surface area contributed by atoms with Crippen LogP contribution in [0.4, 0.5) is 0 Å². The topological polar surface area (TPSA) is 20.3 Å². The molecule has 0 aliphatic carbocycles. The summed E-state index contributed by atoms with van der Waals surface area (Å²) in [6.45, 7) is 3.40. The number of hydrogen-bond donors (Lipinski definition) is 0. The zero-order valence-electron chi connectivity index (χ0n) is 11.6. The first-order valence-electron chi connectivity index (χ1n) is 6.80. The Hall–Kier alpha value is -1.80. The molecule has 2 rings (SSSR count). The fourth-order valence-corrected chi connectivity index (χ4v) is 2.35. The van der Waals surface area contributed by atoms with E-state index in [0.717, 1.165) is 18.5 Å². The zero-order valence-corrected chi connectivity index (χ0v) is 12.3. The highest BCUT2D eigenvalue weighted by Gasteiger charge is 2.17. The van der Waals surface area contributed by atoms with E-state index in [1.807, 2.05) is 47.4 Å². The minimum absolute atomic E-state index is 0.0127. The molecule has 0 radical (unpaired) electrons. The van der Waals surface area contributed by atoms with Crippen LogP contribution in [-0.4, -0.2) is 17.4 Å². The molecular formula is C17H18ClNO. The lowest BCUT2D eigenvalue weighted by atomic mass is 10.1. The molecule has 0 aromatic heterocycles. The molecule has 3 heteroatoms. The number of halogens is 1. The molecular weight excluding hydrogens is 270 g/mol. The summed E-state index contributed by atoms with van der Waals surface area (Å²) in [4.78, 5) is 14.4. The van der Waals surface area contributed by atoms with Gasteiger partial charge in [-0.25, -0.2) is 0 Å². The number of rotatable bonds is 5. The normalized spacial score (nSPS) is 10.3. The van der Waals surface area contributed by atoms with E-state index in [9.17, 15) is 4.79 Å². The van der Waals surface area contributed by atoms with Crippen molar-refractivity contribution in [3.8, 4) is 0 Å². The quantitative estimate of drug-likeness (QED) is 0.798. The Balaban J connectivity index is 2.20. The summed E-state index contributed by atoms with van der Waals surface area (Å²) < 4.78 is 0. The van der Waals surface area contributed by atoms with Crippen molar-refractivity contribution in [2.24, 2.45) is 0 Å². The van der Waals surface area contributed by atoms with E-state index in [1.165, 1.54) is 0 Å². The van der Waals surface area contributed by atoms with Crippen molar-refractivity contribution in [2.45, 2.75) is 19.9 Å². The van der Waals surface area contributed by atoms with Gasteiger partial charge in [0.1, 0.15) is 0 Å². The molecule has 0 unspecified atom stereocenters. The summed E-state index contributed by atoms with van der Waals surface area (Å²) in [6.07, 6.45) is 0.920. The van der Waals surface area contributed by atoms with Gasteiger partial charge in [0.05, 0.1) is 10.6 Å². The van der Waals surface area contributed by atoms with Crippen LogP contribution in [0.1, 0.15) is 29.3 Å². The molecule has 0 saturated carbocycles. The SMILES string of the molecule is CCCN(Cc1ccccc1)C(=O)c1ccccc1Cl. The van der Waals surface area contributed by atoms with Gasteiger partial charge in [-0.05, 0) is 24.1 Å². The fraction of sp³-hybridized carbons (Fsp3) is 0.235. The van der Waals surface area contributed by atoms with Gasteiger partial charge in [-0.1, -0.05) is 61.0 Å². The van der Waals surface area contributed by atoms with Crippen LogP contribution in [0.3, 0.4) is 0 Å². The van der Waals surface area contributed by atoms with Crippen LogP contribution in [0, 0.1) is 0 Å². The molecule has 0 heterocycles. The number of amides is 1. The number of hydrogen-bond acceptors (Lipinski definition) is 1. The van der Waals surface area contributed by atoms with Crippen molar-refractivity contribution >= 4 is 17.5 Å². The van der Waals surface area contributed by atoms with Gasteiger partial charge in [0, 0.05) is 13.1 Å². The molecule has 2 aromatic rings. The number of carbonyl (C=O) groups excluding carboxylic acids is 1. The standard InChI is InChI=1S/C17H18ClNO/c1-2-12-19(13-14-8-4-3-5-9-14)17(20)15-10-6-7-11-16(15)18/h3-11H,2,12-13H2,1H3. The lowest BCUT2D eigenvalue weighted by molar-refractivity contribution is 0.0743. The summed E-state index contributed by atoms with van der Waals surface area (Å²) in [7, 11) is 0. The Kier molecular flexibility index (Phi) is 5.19. The molecule has 2 nitrogen and oxygen atoms in total. The Labute approximate surface area is 125 Å². The van der Waals surface area contributed by atoms with Crippen molar-refractivity contribution in [3.63, 3.8) is 0 Å². The third-order valence-corrected chi connectivity index (χ3v) is 3.43. The first kappa shape index (κ1) is 14.6. The molecule has 0 atom stereocenters. The predicted molar refractivity (Wildman–Crippen MR) is 82.9 cm³/mol. The lowest BCUT2D eigenvalue weighted by Gasteiger charge is -2.22. The van der Waals surface area contributed by atoms with Crippen LogP contribution < -0.4 is 0 Å². The Morgan fingerprint density at radius 1 is 1.05 bits per heavy atom. The van der Waals surface area contributed by atoms with Crippen molar-refractivity contribution in [2.75, 3.05) is 6.54 Å². The van der Waals surface area contributed by atoms with Crippen LogP contribution in [0.5, 0.6) is 0 Å². The highest BCUT2D eigenvalue weighted by atomic mass is 35.5. The largest absolute Gasteiger partial charge is 0.334 e. The summed E-state index contributed by atoms with van der Waals surface area (Å²) >= 11 is 6.12. The van der Waals surface area contributed by atoms with Gasteiger partial charge in [0.15, 0.2) is 0 Å². The molecule has 0 spiro atoms. The molecule has 1 amide bonds. The fourth-order valence-electron chi connectivity index (χ4n) is 2.13. The molecule has 0 aliphatic heterocycles. The van der Waals surface area contributed by atoms with Gasteiger partial charge in [-0.3, -0.25) is 4.79 Å². The molecule has 0 N–H and O–H groups in total. The zero-order chi connectivity index (χ0) is 14.4. The van der Waals surface area contributed by atoms with Crippen molar-refractivity contribution < 1.29 is 4.79 Å².